The van der Waals surface area contributed by atoms with E-state index in [0.717, 1.165) is 11.1 Å². The third kappa shape index (κ3) is 4.57. The van der Waals surface area contributed by atoms with Crippen molar-refractivity contribution in [2.75, 3.05) is 19.0 Å². The van der Waals surface area contributed by atoms with Crippen LogP contribution in [0.15, 0.2) is 48.5 Å². The van der Waals surface area contributed by atoms with Gasteiger partial charge in [-0.3, -0.25) is 9.59 Å². The fourth-order valence-corrected chi connectivity index (χ4v) is 2.46. The van der Waals surface area contributed by atoms with E-state index in [1.165, 1.54) is 0 Å². The summed E-state index contributed by atoms with van der Waals surface area (Å²) in [4.78, 5) is 23.9. The van der Waals surface area contributed by atoms with E-state index in [2.05, 4.69) is 10.6 Å². The van der Waals surface area contributed by atoms with Crippen molar-refractivity contribution in [1.29, 1.82) is 0 Å². The molecule has 0 radical (unpaired) electrons. The number of benzene rings is 2. The minimum Gasteiger partial charge on any atom is -0.375 e. The number of para-hydroxylation sites is 1. The van der Waals surface area contributed by atoms with E-state index in [9.17, 15) is 9.59 Å². The smallest absolute Gasteiger partial charge is 0.313 e. The van der Waals surface area contributed by atoms with Crippen LogP contribution < -0.4 is 10.6 Å². The van der Waals surface area contributed by atoms with Gasteiger partial charge in [-0.1, -0.05) is 48.0 Å². The van der Waals surface area contributed by atoms with E-state index in [1.807, 2.05) is 31.2 Å². The largest absolute Gasteiger partial charge is 0.375 e. The maximum atomic E-state index is 12.0. The molecule has 24 heavy (non-hydrogen) atoms. The van der Waals surface area contributed by atoms with E-state index in [1.54, 1.807) is 31.4 Å². The molecule has 0 bridgehead atoms. The van der Waals surface area contributed by atoms with Crippen molar-refractivity contribution in [3.05, 3.63) is 64.7 Å². The Balaban J connectivity index is 1.95. The maximum absolute atomic E-state index is 12.0. The predicted octanol–water partition coefficient (Wildman–Crippen LogP) is 3.09. The third-order valence-corrected chi connectivity index (χ3v) is 3.93. The predicted molar refractivity (Wildman–Crippen MR) is 94.0 cm³/mol. The second kappa shape index (κ2) is 8.47. The van der Waals surface area contributed by atoms with Gasteiger partial charge in [0.15, 0.2) is 0 Å². The fourth-order valence-electron chi connectivity index (χ4n) is 2.28. The molecule has 2 aromatic rings. The standard InChI is InChI=1S/C18H19ClN2O3/c1-12-7-3-4-8-13(12)16(24-2)11-20-17(22)18(23)21-15-10-6-5-9-14(15)19/h3-10,16H,11H2,1-2H3,(H,20,22)(H,21,23). The average molecular weight is 347 g/mol. The quantitative estimate of drug-likeness (QED) is 0.817. The molecular formula is C18H19ClN2O3. The van der Waals surface area contributed by atoms with E-state index < -0.39 is 11.8 Å². The molecule has 6 heteroatoms. The number of ether oxygens (including phenoxy) is 1. The lowest BCUT2D eigenvalue weighted by atomic mass is 10.0. The van der Waals surface area contributed by atoms with Crippen molar-refractivity contribution < 1.29 is 14.3 Å². The second-order valence-electron chi connectivity index (χ2n) is 5.22. The van der Waals surface area contributed by atoms with Crippen LogP contribution >= 0.6 is 11.6 Å². The highest BCUT2D eigenvalue weighted by Crippen LogP contribution is 2.21. The highest BCUT2D eigenvalue weighted by molar-refractivity contribution is 6.41. The van der Waals surface area contributed by atoms with Crippen LogP contribution in [0.3, 0.4) is 0 Å². The molecule has 1 unspecified atom stereocenters. The van der Waals surface area contributed by atoms with Gasteiger partial charge in [-0.15, -0.1) is 0 Å². The number of hydrogen-bond donors (Lipinski definition) is 2. The molecule has 0 aliphatic carbocycles. The molecule has 2 N–H and O–H groups in total. The topological polar surface area (TPSA) is 67.4 Å². The van der Waals surface area contributed by atoms with Crippen LogP contribution in [0.2, 0.25) is 5.02 Å². The first-order valence-corrected chi connectivity index (χ1v) is 7.82. The van der Waals surface area contributed by atoms with E-state index in [-0.39, 0.29) is 12.6 Å². The molecule has 126 valence electrons. The zero-order chi connectivity index (χ0) is 17.5. The van der Waals surface area contributed by atoms with Crippen molar-refractivity contribution in [3.8, 4) is 0 Å². The van der Waals surface area contributed by atoms with E-state index in [0.29, 0.717) is 10.7 Å². The van der Waals surface area contributed by atoms with Crippen LogP contribution in [0.25, 0.3) is 0 Å². The molecule has 1 atom stereocenters. The van der Waals surface area contributed by atoms with Gasteiger partial charge in [0.1, 0.15) is 0 Å². The van der Waals surface area contributed by atoms with Crippen LogP contribution in [0, 0.1) is 6.92 Å². The van der Waals surface area contributed by atoms with Crippen molar-refractivity contribution in [1.82, 2.24) is 5.32 Å². The number of methoxy groups -OCH3 is 1. The number of anilines is 1. The Labute approximate surface area is 146 Å². The van der Waals surface area contributed by atoms with Gasteiger partial charge < -0.3 is 15.4 Å². The number of carbonyl (C=O) groups excluding carboxylic acids is 2. The summed E-state index contributed by atoms with van der Waals surface area (Å²) in [6.45, 7) is 2.16. The average Bonchev–Trinajstić information content (AvgIpc) is 2.58. The molecule has 0 saturated carbocycles. The Kier molecular flexibility index (Phi) is 6.35. The molecule has 2 amide bonds. The summed E-state index contributed by atoms with van der Waals surface area (Å²) in [6.07, 6.45) is -0.330. The summed E-state index contributed by atoms with van der Waals surface area (Å²) in [7, 11) is 1.56. The fraction of sp³-hybridized carbons (Fsp3) is 0.222. The molecule has 0 aliphatic rings. The minimum absolute atomic E-state index is 0.191. The number of rotatable bonds is 5. The number of halogens is 1. The van der Waals surface area contributed by atoms with Gasteiger partial charge in [0.05, 0.1) is 16.8 Å². The SMILES string of the molecule is COC(CNC(=O)C(=O)Nc1ccccc1Cl)c1ccccc1C. The first-order valence-electron chi connectivity index (χ1n) is 7.45. The lowest BCUT2D eigenvalue weighted by molar-refractivity contribution is -0.136. The molecule has 0 heterocycles. The Bertz CT molecular complexity index is 734. The van der Waals surface area contributed by atoms with Crippen LogP contribution in [0.5, 0.6) is 0 Å². The molecule has 0 aromatic heterocycles. The lowest BCUT2D eigenvalue weighted by Crippen LogP contribution is -2.38. The maximum Gasteiger partial charge on any atom is 0.313 e. The highest BCUT2D eigenvalue weighted by atomic mass is 35.5. The normalized spacial score (nSPS) is 11.6. The van der Waals surface area contributed by atoms with Crippen LogP contribution in [-0.2, 0) is 14.3 Å². The monoisotopic (exact) mass is 346 g/mol. The summed E-state index contributed by atoms with van der Waals surface area (Å²) in [5, 5.41) is 5.43. The molecule has 0 aliphatic heterocycles. The van der Waals surface area contributed by atoms with Gasteiger partial charge in [0, 0.05) is 13.7 Å². The van der Waals surface area contributed by atoms with E-state index >= 15 is 0 Å². The Morgan fingerprint density at radius 3 is 2.42 bits per heavy atom. The molecule has 0 saturated heterocycles. The Morgan fingerprint density at radius 1 is 1.08 bits per heavy atom. The van der Waals surface area contributed by atoms with Gasteiger partial charge in [0.2, 0.25) is 0 Å². The van der Waals surface area contributed by atoms with Crippen molar-refractivity contribution >= 4 is 29.1 Å². The van der Waals surface area contributed by atoms with Gasteiger partial charge >= 0.3 is 11.8 Å². The summed E-state index contributed by atoms with van der Waals surface area (Å²) >= 11 is 5.95. The first-order chi connectivity index (χ1) is 11.5. The zero-order valence-corrected chi connectivity index (χ0v) is 14.3. The number of hydrogen-bond acceptors (Lipinski definition) is 3. The van der Waals surface area contributed by atoms with Crippen LogP contribution in [-0.4, -0.2) is 25.5 Å². The molecule has 2 rings (SSSR count). The number of amides is 2. The second-order valence-corrected chi connectivity index (χ2v) is 5.63. The first kappa shape index (κ1) is 18.0. The number of aryl methyl sites for hydroxylation is 1. The third-order valence-electron chi connectivity index (χ3n) is 3.60. The molecule has 0 fully saturated rings. The highest BCUT2D eigenvalue weighted by Gasteiger charge is 2.18. The summed E-state index contributed by atoms with van der Waals surface area (Å²) in [6, 6.07) is 14.4. The van der Waals surface area contributed by atoms with Gasteiger partial charge in [0.25, 0.3) is 0 Å². The van der Waals surface area contributed by atoms with Gasteiger partial charge in [-0.2, -0.15) is 0 Å². The van der Waals surface area contributed by atoms with E-state index in [4.69, 9.17) is 16.3 Å². The molecular weight excluding hydrogens is 328 g/mol. The van der Waals surface area contributed by atoms with Crippen molar-refractivity contribution in [2.24, 2.45) is 0 Å². The minimum atomic E-state index is -0.775. The summed E-state index contributed by atoms with van der Waals surface area (Å²) in [5.41, 5.74) is 2.41. The Morgan fingerprint density at radius 2 is 1.75 bits per heavy atom. The summed E-state index contributed by atoms with van der Waals surface area (Å²) in [5.74, 6) is -1.52. The number of carbonyl (C=O) groups is 2. The lowest BCUT2D eigenvalue weighted by Gasteiger charge is -2.18. The zero-order valence-electron chi connectivity index (χ0n) is 13.5. The van der Waals surface area contributed by atoms with Gasteiger partial charge in [-0.05, 0) is 30.2 Å². The summed E-state index contributed by atoms with van der Waals surface area (Å²) < 4.78 is 5.42. The van der Waals surface area contributed by atoms with Gasteiger partial charge in [-0.25, -0.2) is 0 Å². The molecule has 2 aromatic carbocycles. The van der Waals surface area contributed by atoms with Crippen molar-refractivity contribution in [3.63, 3.8) is 0 Å². The Hall–Kier alpha value is -2.37. The van der Waals surface area contributed by atoms with Crippen LogP contribution in [0.4, 0.5) is 5.69 Å². The molecule has 0 spiro atoms. The molecule has 5 nitrogen and oxygen atoms in total. The van der Waals surface area contributed by atoms with Crippen LogP contribution in [0.1, 0.15) is 17.2 Å². The number of nitrogens with one attached hydrogen (secondary N) is 2. The van der Waals surface area contributed by atoms with Crippen molar-refractivity contribution in [2.45, 2.75) is 13.0 Å².